The van der Waals surface area contributed by atoms with Crippen LogP contribution in [0, 0.1) is 0 Å². The van der Waals surface area contributed by atoms with Gasteiger partial charge >= 0.3 is 0 Å². The fraction of sp³-hybridized carbons (Fsp3) is 0.333. The number of hydrogen-bond donors (Lipinski definition) is 2. The summed E-state index contributed by atoms with van der Waals surface area (Å²) in [6.45, 7) is 2.34. The van der Waals surface area contributed by atoms with E-state index >= 15 is 0 Å². The van der Waals surface area contributed by atoms with Crippen LogP contribution in [-0.4, -0.2) is 18.4 Å². The van der Waals surface area contributed by atoms with Gasteiger partial charge in [-0.25, -0.2) is 0 Å². The zero-order valence-electron chi connectivity index (χ0n) is 11.8. The minimum absolute atomic E-state index is 0.0436. The molecule has 0 saturated carbocycles. The van der Waals surface area contributed by atoms with Crippen molar-refractivity contribution in [3.05, 3.63) is 46.5 Å². The molecule has 0 spiro atoms. The van der Waals surface area contributed by atoms with Gasteiger partial charge in [-0.3, -0.25) is 9.59 Å². The lowest BCUT2D eigenvalue weighted by Crippen LogP contribution is -2.32. The Morgan fingerprint density at radius 3 is 2.86 bits per heavy atom. The van der Waals surface area contributed by atoms with Gasteiger partial charge in [-0.15, -0.1) is 11.3 Å². The van der Waals surface area contributed by atoms with Crippen molar-refractivity contribution >= 4 is 23.2 Å². The third-order valence-electron chi connectivity index (χ3n) is 3.05. The Morgan fingerprint density at radius 2 is 2.24 bits per heavy atom. The third-order valence-corrected chi connectivity index (χ3v) is 4.04. The Morgan fingerprint density at radius 1 is 1.38 bits per heavy atom. The molecule has 0 radical (unpaired) electrons. The number of amides is 2. The third kappa shape index (κ3) is 4.46. The Hall–Kier alpha value is -2.08. The minimum Gasteiger partial charge on any atom is -0.472 e. The smallest absolute Gasteiger partial charge is 0.254 e. The summed E-state index contributed by atoms with van der Waals surface area (Å²) in [6.07, 6.45) is 3.91. The second-order valence-electron chi connectivity index (χ2n) is 4.56. The molecule has 2 aromatic rings. The predicted molar refractivity (Wildman–Crippen MR) is 81.2 cm³/mol. The number of carbonyl (C=O) groups excluding carboxylic acids is 2. The molecule has 5 nitrogen and oxygen atoms in total. The van der Waals surface area contributed by atoms with Gasteiger partial charge in [-0.2, -0.15) is 0 Å². The Bertz CT molecular complexity index is 564. The molecule has 2 rings (SSSR count). The molecule has 0 aliphatic heterocycles. The van der Waals surface area contributed by atoms with E-state index in [1.165, 1.54) is 12.5 Å². The van der Waals surface area contributed by atoms with Crippen molar-refractivity contribution in [1.82, 2.24) is 10.6 Å². The summed E-state index contributed by atoms with van der Waals surface area (Å²) in [6, 6.07) is 5.61. The van der Waals surface area contributed by atoms with Crippen LogP contribution in [0.1, 0.15) is 41.0 Å². The van der Waals surface area contributed by atoms with Crippen LogP contribution >= 0.6 is 11.3 Å². The van der Waals surface area contributed by atoms with Crippen molar-refractivity contribution in [1.29, 1.82) is 0 Å². The van der Waals surface area contributed by atoms with Gasteiger partial charge < -0.3 is 15.1 Å². The van der Waals surface area contributed by atoms with E-state index in [2.05, 4.69) is 10.6 Å². The second kappa shape index (κ2) is 7.64. The zero-order chi connectivity index (χ0) is 15.1. The van der Waals surface area contributed by atoms with Gasteiger partial charge in [0.2, 0.25) is 5.91 Å². The molecule has 0 aliphatic rings. The number of thiophene rings is 1. The molecule has 0 bridgehead atoms. The van der Waals surface area contributed by atoms with Crippen molar-refractivity contribution in [2.45, 2.75) is 25.8 Å². The largest absolute Gasteiger partial charge is 0.472 e. The van der Waals surface area contributed by atoms with Crippen molar-refractivity contribution in [2.24, 2.45) is 0 Å². The van der Waals surface area contributed by atoms with E-state index in [-0.39, 0.29) is 24.3 Å². The van der Waals surface area contributed by atoms with Gasteiger partial charge in [0.05, 0.1) is 17.9 Å². The molecule has 0 aliphatic carbocycles. The van der Waals surface area contributed by atoms with Gasteiger partial charge in [-0.05, 0) is 23.9 Å². The molecule has 0 unspecified atom stereocenters. The molecule has 6 heteroatoms. The average Bonchev–Trinajstić information content (AvgIpc) is 3.17. The quantitative estimate of drug-likeness (QED) is 0.826. The summed E-state index contributed by atoms with van der Waals surface area (Å²) in [5.74, 6) is -0.301. The molecule has 21 heavy (non-hydrogen) atoms. The second-order valence-corrected chi connectivity index (χ2v) is 5.54. The van der Waals surface area contributed by atoms with Crippen LogP contribution in [0.2, 0.25) is 0 Å². The van der Waals surface area contributed by atoms with Crippen LogP contribution in [0.15, 0.2) is 40.5 Å². The van der Waals surface area contributed by atoms with Crippen molar-refractivity contribution in [3.8, 4) is 0 Å². The molecule has 2 amide bonds. The number of hydrogen-bond acceptors (Lipinski definition) is 4. The van der Waals surface area contributed by atoms with Crippen LogP contribution in [-0.2, 0) is 4.79 Å². The summed E-state index contributed by atoms with van der Waals surface area (Å²) in [7, 11) is 0. The summed E-state index contributed by atoms with van der Waals surface area (Å²) in [4.78, 5) is 24.7. The maximum absolute atomic E-state index is 11.9. The first-order chi connectivity index (χ1) is 10.2. The SMILES string of the molecule is CC[C@H](NC(=O)CCNC(=O)c1ccoc1)c1cccs1. The van der Waals surface area contributed by atoms with E-state index in [4.69, 9.17) is 4.42 Å². The first-order valence-corrected chi connectivity index (χ1v) is 7.71. The van der Waals surface area contributed by atoms with Gasteiger partial charge in [0.15, 0.2) is 0 Å². The normalized spacial score (nSPS) is 11.9. The molecule has 0 saturated heterocycles. The van der Waals surface area contributed by atoms with Crippen LogP contribution in [0.5, 0.6) is 0 Å². The van der Waals surface area contributed by atoms with E-state index in [0.717, 1.165) is 11.3 Å². The number of furan rings is 1. The number of nitrogens with one attached hydrogen (secondary N) is 2. The van der Waals surface area contributed by atoms with Crippen molar-refractivity contribution in [3.63, 3.8) is 0 Å². The van der Waals surface area contributed by atoms with E-state index in [1.54, 1.807) is 17.4 Å². The Labute approximate surface area is 127 Å². The lowest BCUT2D eigenvalue weighted by molar-refractivity contribution is -0.121. The van der Waals surface area contributed by atoms with Gasteiger partial charge in [0.1, 0.15) is 6.26 Å². The van der Waals surface area contributed by atoms with Crippen LogP contribution in [0.25, 0.3) is 0 Å². The standard InChI is InChI=1S/C15H18N2O3S/c1-2-12(13-4-3-9-21-13)17-14(18)5-7-16-15(19)11-6-8-20-10-11/h3-4,6,8-10,12H,2,5,7H2,1H3,(H,16,19)(H,17,18)/t12-/m0/s1. The topological polar surface area (TPSA) is 71.3 Å². The highest BCUT2D eigenvalue weighted by Crippen LogP contribution is 2.21. The molecule has 0 aromatic carbocycles. The monoisotopic (exact) mass is 306 g/mol. The maximum Gasteiger partial charge on any atom is 0.254 e. The Kier molecular flexibility index (Phi) is 5.57. The zero-order valence-corrected chi connectivity index (χ0v) is 12.6. The van der Waals surface area contributed by atoms with Crippen LogP contribution in [0.3, 0.4) is 0 Å². The van der Waals surface area contributed by atoms with Gasteiger partial charge in [0.25, 0.3) is 5.91 Å². The lowest BCUT2D eigenvalue weighted by Gasteiger charge is -2.15. The first-order valence-electron chi connectivity index (χ1n) is 6.84. The van der Waals surface area contributed by atoms with Crippen molar-refractivity contribution < 1.29 is 14.0 Å². The predicted octanol–water partition coefficient (Wildman–Crippen LogP) is 2.73. The van der Waals surface area contributed by atoms with Crippen molar-refractivity contribution in [2.75, 3.05) is 6.54 Å². The number of rotatable bonds is 7. The minimum atomic E-state index is -0.234. The number of carbonyl (C=O) groups is 2. The molecule has 2 aromatic heterocycles. The summed E-state index contributed by atoms with van der Waals surface area (Å²) in [5.41, 5.74) is 0.459. The van der Waals surface area contributed by atoms with Crippen LogP contribution < -0.4 is 10.6 Å². The molecule has 2 heterocycles. The highest BCUT2D eigenvalue weighted by Gasteiger charge is 2.13. The Balaban J connectivity index is 1.73. The van der Waals surface area contributed by atoms with E-state index in [9.17, 15) is 9.59 Å². The molecular weight excluding hydrogens is 288 g/mol. The molecule has 0 fully saturated rings. The fourth-order valence-corrected chi connectivity index (χ4v) is 2.78. The lowest BCUT2D eigenvalue weighted by atomic mass is 10.2. The molecule has 1 atom stereocenters. The summed E-state index contributed by atoms with van der Waals surface area (Å²) >= 11 is 1.63. The average molecular weight is 306 g/mol. The summed E-state index contributed by atoms with van der Waals surface area (Å²) in [5, 5.41) is 7.66. The first kappa shape index (κ1) is 15.3. The summed E-state index contributed by atoms with van der Waals surface area (Å²) < 4.78 is 4.83. The highest BCUT2D eigenvalue weighted by atomic mass is 32.1. The van der Waals surface area contributed by atoms with E-state index in [1.807, 2.05) is 24.4 Å². The van der Waals surface area contributed by atoms with E-state index in [0.29, 0.717) is 12.1 Å². The van der Waals surface area contributed by atoms with E-state index < -0.39 is 0 Å². The van der Waals surface area contributed by atoms with Gasteiger partial charge in [-0.1, -0.05) is 13.0 Å². The van der Waals surface area contributed by atoms with Crippen LogP contribution in [0.4, 0.5) is 0 Å². The molecule has 112 valence electrons. The molecule has 2 N–H and O–H groups in total. The highest BCUT2D eigenvalue weighted by molar-refractivity contribution is 7.10. The fourth-order valence-electron chi connectivity index (χ4n) is 1.92. The maximum atomic E-state index is 11.9. The van der Waals surface area contributed by atoms with Gasteiger partial charge in [0, 0.05) is 17.8 Å². The molecular formula is C15H18N2O3S.